The lowest BCUT2D eigenvalue weighted by atomic mass is 10.2. The van der Waals surface area contributed by atoms with Crippen molar-refractivity contribution in [2.24, 2.45) is 0 Å². The number of hydrogen-bond donors (Lipinski definition) is 0. The average molecular weight is 358 g/mol. The fraction of sp³-hybridized carbons (Fsp3) is 0.0667. The number of nitrogens with zero attached hydrogens (tertiary/aromatic N) is 3. The van der Waals surface area contributed by atoms with Crippen molar-refractivity contribution in [3.05, 3.63) is 64.5 Å². The second kappa shape index (κ2) is 5.86. The molecule has 0 aliphatic heterocycles. The molecule has 3 rings (SSSR count). The second-order valence-electron chi connectivity index (χ2n) is 4.61. The smallest absolute Gasteiger partial charge is 0.300 e. The normalized spacial score (nSPS) is 11.7. The van der Waals surface area contributed by atoms with Crippen molar-refractivity contribution >= 4 is 23.2 Å². The zero-order valence-electron chi connectivity index (χ0n) is 11.4. The monoisotopic (exact) mass is 357 g/mol. The van der Waals surface area contributed by atoms with E-state index in [-0.39, 0.29) is 5.82 Å². The topological polar surface area (TPSA) is 30.7 Å². The van der Waals surface area contributed by atoms with Gasteiger partial charge in [-0.05, 0) is 30.3 Å². The third-order valence-corrected chi connectivity index (χ3v) is 3.88. The quantitative estimate of drug-likeness (QED) is 0.585. The minimum absolute atomic E-state index is 0.0115. The van der Waals surface area contributed by atoms with Crippen LogP contribution >= 0.6 is 23.2 Å². The Kier molecular flexibility index (Phi) is 4.04. The number of alkyl halides is 3. The summed E-state index contributed by atoms with van der Waals surface area (Å²) in [6, 6.07) is 9.54. The fourth-order valence-corrected chi connectivity index (χ4v) is 2.51. The zero-order chi connectivity index (χ0) is 16.6. The molecule has 3 heterocycles. The standard InChI is InChI=1S/C15H8Cl2F3N3/c16-13-9(15(18,19)20)8-12(22-14(13)17)23-7-3-5-11(23)10-4-1-2-6-21-10/h1-8H. The molecule has 0 spiro atoms. The molecule has 3 nitrogen and oxygen atoms in total. The Morgan fingerprint density at radius 1 is 1.04 bits per heavy atom. The van der Waals surface area contributed by atoms with Crippen LogP contribution in [0.3, 0.4) is 0 Å². The highest BCUT2D eigenvalue weighted by molar-refractivity contribution is 6.41. The Hall–Kier alpha value is -2.05. The van der Waals surface area contributed by atoms with Crippen molar-refractivity contribution in [3.63, 3.8) is 0 Å². The molecule has 118 valence electrons. The first-order valence-corrected chi connectivity index (χ1v) is 7.16. The van der Waals surface area contributed by atoms with Gasteiger partial charge >= 0.3 is 6.18 Å². The van der Waals surface area contributed by atoms with Gasteiger partial charge in [0.05, 0.1) is 22.0 Å². The predicted molar refractivity (Wildman–Crippen MR) is 81.8 cm³/mol. The van der Waals surface area contributed by atoms with E-state index in [1.807, 2.05) is 0 Å². The van der Waals surface area contributed by atoms with Gasteiger partial charge in [0.2, 0.25) is 0 Å². The van der Waals surface area contributed by atoms with Crippen molar-refractivity contribution in [1.29, 1.82) is 0 Å². The summed E-state index contributed by atoms with van der Waals surface area (Å²) in [6.07, 6.45) is -1.45. The predicted octanol–water partition coefficient (Wildman–Crippen LogP) is 5.26. The summed E-state index contributed by atoms with van der Waals surface area (Å²) in [4.78, 5) is 8.13. The molecule has 0 aliphatic rings. The Bertz CT molecular complexity index is 845. The second-order valence-corrected chi connectivity index (χ2v) is 5.34. The van der Waals surface area contributed by atoms with Gasteiger partial charge < -0.3 is 0 Å². The summed E-state index contributed by atoms with van der Waals surface area (Å²) in [5, 5.41) is -1.02. The van der Waals surface area contributed by atoms with Gasteiger partial charge in [0.15, 0.2) is 5.15 Å². The van der Waals surface area contributed by atoms with Gasteiger partial charge in [-0.1, -0.05) is 29.3 Å². The maximum Gasteiger partial charge on any atom is 0.418 e. The summed E-state index contributed by atoms with van der Waals surface area (Å²) >= 11 is 11.4. The van der Waals surface area contributed by atoms with E-state index in [9.17, 15) is 13.2 Å². The Balaban J connectivity index is 2.18. The fourth-order valence-electron chi connectivity index (χ4n) is 2.12. The lowest BCUT2D eigenvalue weighted by Gasteiger charge is -2.14. The molecule has 0 N–H and O–H groups in total. The van der Waals surface area contributed by atoms with Gasteiger partial charge in [-0.2, -0.15) is 13.2 Å². The van der Waals surface area contributed by atoms with Crippen molar-refractivity contribution in [2.45, 2.75) is 6.18 Å². The lowest BCUT2D eigenvalue weighted by molar-refractivity contribution is -0.137. The lowest BCUT2D eigenvalue weighted by Crippen LogP contribution is -2.09. The van der Waals surface area contributed by atoms with Gasteiger partial charge in [-0.25, -0.2) is 4.98 Å². The van der Waals surface area contributed by atoms with Crippen LogP contribution in [0.15, 0.2) is 48.8 Å². The van der Waals surface area contributed by atoms with Crippen molar-refractivity contribution in [2.75, 3.05) is 0 Å². The molecule has 0 atom stereocenters. The Morgan fingerprint density at radius 2 is 1.83 bits per heavy atom. The maximum atomic E-state index is 13.1. The van der Waals surface area contributed by atoms with E-state index >= 15 is 0 Å². The van der Waals surface area contributed by atoms with Gasteiger partial charge in [0.25, 0.3) is 0 Å². The van der Waals surface area contributed by atoms with Gasteiger partial charge in [0, 0.05) is 12.4 Å². The molecule has 0 aromatic carbocycles. The molecule has 23 heavy (non-hydrogen) atoms. The first-order chi connectivity index (χ1) is 10.9. The summed E-state index contributed by atoms with van der Waals surface area (Å²) in [5.41, 5.74) is 0.151. The van der Waals surface area contributed by atoms with Crippen LogP contribution in [-0.2, 0) is 6.18 Å². The van der Waals surface area contributed by atoms with Gasteiger partial charge in [0.1, 0.15) is 5.82 Å². The number of rotatable bonds is 2. The number of hydrogen-bond acceptors (Lipinski definition) is 2. The van der Waals surface area contributed by atoms with Crippen LogP contribution in [0.2, 0.25) is 10.2 Å². The SMILES string of the molecule is FC(F)(F)c1cc(-n2cccc2-c2ccccn2)nc(Cl)c1Cl. The molecule has 0 aliphatic carbocycles. The summed E-state index contributed by atoms with van der Waals surface area (Å²) in [7, 11) is 0. The van der Waals surface area contributed by atoms with E-state index in [2.05, 4.69) is 9.97 Å². The van der Waals surface area contributed by atoms with E-state index < -0.39 is 21.9 Å². The first-order valence-electron chi connectivity index (χ1n) is 6.40. The molecule has 0 fully saturated rings. The van der Waals surface area contributed by atoms with E-state index in [1.165, 1.54) is 4.57 Å². The molecule has 0 saturated heterocycles. The van der Waals surface area contributed by atoms with Crippen molar-refractivity contribution in [1.82, 2.24) is 14.5 Å². The Labute approximate surface area is 139 Å². The van der Waals surface area contributed by atoms with Gasteiger partial charge in [-0.15, -0.1) is 0 Å². The Morgan fingerprint density at radius 3 is 2.48 bits per heavy atom. The molecule has 0 saturated carbocycles. The number of halogens is 5. The summed E-state index contributed by atoms with van der Waals surface area (Å²) < 4.78 is 40.7. The molecule has 3 aromatic rings. The molecule has 0 amide bonds. The van der Waals surface area contributed by atoms with Crippen LogP contribution in [0.5, 0.6) is 0 Å². The maximum absolute atomic E-state index is 13.1. The molecule has 0 bridgehead atoms. The zero-order valence-corrected chi connectivity index (χ0v) is 12.9. The van der Waals surface area contributed by atoms with Crippen LogP contribution in [0.25, 0.3) is 17.2 Å². The molecule has 3 aromatic heterocycles. The largest absolute Gasteiger partial charge is 0.418 e. The molecule has 0 unspecified atom stereocenters. The molecular formula is C15H8Cl2F3N3. The first kappa shape index (κ1) is 15.8. The third-order valence-electron chi connectivity index (χ3n) is 3.13. The number of aromatic nitrogens is 3. The van der Waals surface area contributed by atoms with E-state index in [1.54, 1.807) is 42.7 Å². The van der Waals surface area contributed by atoms with Crippen LogP contribution in [0.4, 0.5) is 13.2 Å². The summed E-state index contributed by atoms with van der Waals surface area (Å²) in [5.74, 6) is 0.0115. The van der Waals surface area contributed by atoms with Crippen LogP contribution in [0.1, 0.15) is 5.56 Å². The van der Waals surface area contributed by atoms with Crippen LogP contribution in [-0.4, -0.2) is 14.5 Å². The van der Waals surface area contributed by atoms with Crippen molar-refractivity contribution in [3.8, 4) is 17.2 Å². The summed E-state index contributed by atoms with van der Waals surface area (Å²) in [6.45, 7) is 0. The van der Waals surface area contributed by atoms with E-state index in [0.717, 1.165) is 6.07 Å². The highest BCUT2D eigenvalue weighted by Crippen LogP contribution is 2.38. The average Bonchev–Trinajstić information content (AvgIpc) is 2.99. The van der Waals surface area contributed by atoms with Crippen molar-refractivity contribution < 1.29 is 13.2 Å². The third kappa shape index (κ3) is 3.04. The van der Waals surface area contributed by atoms with E-state index in [0.29, 0.717) is 11.4 Å². The minimum atomic E-state index is -4.63. The molecule has 8 heteroatoms. The molecular weight excluding hydrogens is 350 g/mol. The highest BCUT2D eigenvalue weighted by atomic mass is 35.5. The highest BCUT2D eigenvalue weighted by Gasteiger charge is 2.35. The molecule has 0 radical (unpaired) electrons. The van der Waals surface area contributed by atoms with E-state index in [4.69, 9.17) is 23.2 Å². The minimum Gasteiger partial charge on any atom is -0.300 e. The van der Waals surface area contributed by atoms with Crippen LogP contribution < -0.4 is 0 Å². The number of pyridine rings is 2. The van der Waals surface area contributed by atoms with Gasteiger partial charge in [-0.3, -0.25) is 9.55 Å². The van der Waals surface area contributed by atoms with Crippen LogP contribution in [0, 0.1) is 0 Å².